The minimum Gasteiger partial charge on any atom is -0.457 e. The summed E-state index contributed by atoms with van der Waals surface area (Å²) < 4.78 is 19.3. The van der Waals surface area contributed by atoms with Crippen LogP contribution in [0.15, 0.2) is 36.4 Å². The van der Waals surface area contributed by atoms with Crippen LogP contribution in [0, 0.1) is 12.7 Å². The number of aryl methyl sites for hydroxylation is 2. The van der Waals surface area contributed by atoms with Crippen molar-refractivity contribution in [2.45, 2.75) is 33.6 Å². The molecule has 2 aromatic carbocycles. The molecule has 0 radical (unpaired) electrons. The van der Waals surface area contributed by atoms with E-state index in [0.29, 0.717) is 17.1 Å². The van der Waals surface area contributed by atoms with E-state index >= 15 is 0 Å². The molecule has 0 unspecified atom stereocenters. The second kappa shape index (κ2) is 6.53. The van der Waals surface area contributed by atoms with Gasteiger partial charge in [-0.25, -0.2) is 4.39 Å². The molecule has 0 aromatic heterocycles. The molecule has 3 heteroatoms. The van der Waals surface area contributed by atoms with Gasteiger partial charge in [-0.1, -0.05) is 25.5 Å². The van der Waals surface area contributed by atoms with Crippen LogP contribution in [0.1, 0.15) is 41.8 Å². The molecular formula is C18H19FO2. The lowest BCUT2D eigenvalue weighted by atomic mass is 10.1. The van der Waals surface area contributed by atoms with Gasteiger partial charge in [-0.05, 0) is 55.7 Å². The fraction of sp³-hybridized carbons (Fsp3) is 0.278. The highest BCUT2D eigenvalue weighted by molar-refractivity contribution is 5.97. The Morgan fingerprint density at radius 2 is 1.86 bits per heavy atom. The van der Waals surface area contributed by atoms with Crippen molar-refractivity contribution in [3.8, 4) is 11.5 Å². The summed E-state index contributed by atoms with van der Waals surface area (Å²) >= 11 is 0. The average molecular weight is 286 g/mol. The summed E-state index contributed by atoms with van der Waals surface area (Å²) in [5, 5.41) is 0. The number of Topliss-reactive ketones (excluding diaryl/α,β-unsaturated/α-hetero) is 1. The molecule has 0 aliphatic rings. The molecular weight excluding hydrogens is 267 g/mol. The first-order valence-corrected chi connectivity index (χ1v) is 7.09. The van der Waals surface area contributed by atoms with E-state index in [1.54, 1.807) is 13.0 Å². The van der Waals surface area contributed by atoms with Crippen LogP contribution in [0.3, 0.4) is 0 Å². The molecule has 0 fully saturated rings. The molecule has 21 heavy (non-hydrogen) atoms. The second-order valence-corrected chi connectivity index (χ2v) is 5.15. The number of ether oxygens (including phenoxy) is 1. The van der Waals surface area contributed by atoms with Crippen molar-refractivity contribution in [1.82, 2.24) is 0 Å². The molecule has 110 valence electrons. The van der Waals surface area contributed by atoms with Gasteiger partial charge in [-0.2, -0.15) is 0 Å². The Balaban J connectivity index is 2.30. The molecule has 2 aromatic rings. The molecule has 0 spiro atoms. The van der Waals surface area contributed by atoms with Gasteiger partial charge in [0.05, 0.1) is 5.56 Å². The first-order chi connectivity index (χ1) is 10.0. The van der Waals surface area contributed by atoms with Crippen LogP contribution in [-0.2, 0) is 6.42 Å². The summed E-state index contributed by atoms with van der Waals surface area (Å²) in [6.45, 7) is 5.18. The van der Waals surface area contributed by atoms with Crippen molar-refractivity contribution >= 4 is 5.78 Å². The van der Waals surface area contributed by atoms with Crippen LogP contribution < -0.4 is 4.74 Å². The highest BCUT2D eigenvalue weighted by Crippen LogP contribution is 2.28. The van der Waals surface area contributed by atoms with E-state index in [9.17, 15) is 9.18 Å². The largest absolute Gasteiger partial charge is 0.457 e. The summed E-state index contributed by atoms with van der Waals surface area (Å²) in [5.41, 5.74) is 1.96. The zero-order valence-corrected chi connectivity index (χ0v) is 12.6. The number of halogens is 1. The number of hydrogen-bond donors (Lipinski definition) is 0. The Bertz CT molecular complexity index is 645. The Kier molecular flexibility index (Phi) is 4.73. The minimum atomic E-state index is -0.397. The fourth-order valence-electron chi connectivity index (χ4n) is 2.15. The quantitative estimate of drug-likeness (QED) is 0.716. The van der Waals surface area contributed by atoms with Gasteiger partial charge in [-0.15, -0.1) is 0 Å². The normalized spacial score (nSPS) is 10.5. The summed E-state index contributed by atoms with van der Waals surface area (Å²) in [6, 6.07) is 10.5. The maximum absolute atomic E-state index is 13.6. The van der Waals surface area contributed by atoms with E-state index < -0.39 is 5.82 Å². The Morgan fingerprint density at radius 3 is 2.43 bits per heavy atom. The SMILES string of the molecule is CCCc1ccc(Oc2cc(C)c(F)cc2C(C)=O)cc1. The number of rotatable bonds is 5. The molecule has 2 nitrogen and oxygen atoms in total. The van der Waals surface area contributed by atoms with E-state index in [-0.39, 0.29) is 11.3 Å². The lowest BCUT2D eigenvalue weighted by molar-refractivity contribution is 0.101. The Hall–Kier alpha value is -2.16. The average Bonchev–Trinajstić information content (AvgIpc) is 2.44. The van der Waals surface area contributed by atoms with Crippen LogP contribution in [0.2, 0.25) is 0 Å². The van der Waals surface area contributed by atoms with Gasteiger partial charge < -0.3 is 4.74 Å². The lowest BCUT2D eigenvalue weighted by Crippen LogP contribution is -2.00. The highest BCUT2D eigenvalue weighted by Gasteiger charge is 2.13. The minimum absolute atomic E-state index is 0.216. The van der Waals surface area contributed by atoms with Gasteiger partial charge in [0.1, 0.15) is 17.3 Å². The van der Waals surface area contributed by atoms with Crippen LogP contribution >= 0.6 is 0 Å². The van der Waals surface area contributed by atoms with E-state index in [2.05, 4.69) is 6.92 Å². The third-order valence-corrected chi connectivity index (χ3v) is 3.33. The molecule has 0 atom stereocenters. The van der Waals surface area contributed by atoms with Crippen molar-refractivity contribution in [2.75, 3.05) is 0 Å². The van der Waals surface area contributed by atoms with Gasteiger partial charge in [0.25, 0.3) is 0 Å². The maximum Gasteiger partial charge on any atom is 0.163 e. The molecule has 2 rings (SSSR count). The van der Waals surface area contributed by atoms with Crippen LogP contribution in [0.4, 0.5) is 4.39 Å². The van der Waals surface area contributed by atoms with E-state index in [1.807, 2.05) is 24.3 Å². The van der Waals surface area contributed by atoms with Crippen molar-refractivity contribution < 1.29 is 13.9 Å². The van der Waals surface area contributed by atoms with E-state index in [0.717, 1.165) is 12.8 Å². The van der Waals surface area contributed by atoms with Gasteiger partial charge in [0.2, 0.25) is 0 Å². The maximum atomic E-state index is 13.6. The van der Waals surface area contributed by atoms with Gasteiger partial charge in [-0.3, -0.25) is 4.79 Å². The number of carbonyl (C=O) groups excluding carboxylic acids is 1. The number of ketones is 1. The monoisotopic (exact) mass is 286 g/mol. The third kappa shape index (κ3) is 3.69. The molecule has 0 heterocycles. The topological polar surface area (TPSA) is 26.3 Å². The predicted octanol–water partition coefficient (Wildman–Crippen LogP) is 5.08. The third-order valence-electron chi connectivity index (χ3n) is 3.33. The van der Waals surface area contributed by atoms with Crippen LogP contribution in [-0.4, -0.2) is 5.78 Å². The first-order valence-electron chi connectivity index (χ1n) is 7.09. The lowest BCUT2D eigenvalue weighted by Gasteiger charge is -2.11. The summed E-state index contributed by atoms with van der Waals surface area (Å²) in [6.07, 6.45) is 2.11. The van der Waals surface area contributed by atoms with Gasteiger partial charge >= 0.3 is 0 Å². The molecule has 0 amide bonds. The predicted molar refractivity (Wildman–Crippen MR) is 81.7 cm³/mol. The van der Waals surface area contributed by atoms with Crippen molar-refractivity contribution in [2.24, 2.45) is 0 Å². The number of carbonyl (C=O) groups is 1. The van der Waals surface area contributed by atoms with E-state index in [4.69, 9.17) is 4.74 Å². The number of benzene rings is 2. The summed E-state index contributed by atoms with van der Waals surface area (Å²) in [4.78, 5) is 11.6. The van der Waals surface area contributed by atoms with Gasteiger partial charge in [0, 0.05) is 0 Å². The molecule has 0 aliphatic carbocycles. The zero-order valence-electron chi connectivity index (χ0n) is 12.6. The summed E-state index contributed by atoms with van der Waals surface area (Å²) in [7, 11) is 0. The highest BCUT2D eigenvalue weighted by atomic mass is 19.1. The van der Waals surface area contributed by atoms with Crippen LogP contribution in [0.25, 0.3) is 0 Å². The molecule has 0 aliphatic heterocycles. The van der Waals surface area contributed by atoms with Gasteiger partial charge in [0.15, 0.2) is 5.78 Å². The number of hydrogen-bond acceptors (Lipinski definition) is 2. The summed E-state index contributed by atoms with van der Waals surface area (Å²) in [5.74, 6) is 0.422. The Labute approximate surface area is 124 Å². The van der Waals surface area contributed by atoms with Crippen molar-refractivity contribution in [3.05, 3.63) is 58.9 Å². The molecule has 0 saturated heterocycles. The Morgan fingerprint density at radius 1 is 1.19 bits per heavy atom. The van der Waals surface area contributed by atoms with E-state index in [1.165, 1.54) is 18.6 Å². The first kappa shape index (κ1) is 15.2. The molecule has 0 bridgehead atoms. The zero-order chi connectivity index (χ0) is 15.4. The second-order valence-electron chi connectivity index (χ2n) is 5.15. The fourth-order valence-corrected chi connectivity index (χ4v) is 2.15. The smallest absolute Gasteiger partial charge is 0.163 e. The molecule has 0 N–H and O–H groups in total. The molecule has 0 saturated carbocycles. The van der Waals surface area contributed by atoms with Crippen molar-refractivity contribution in [3.63, 3.8) is 0 Å². The van der Waals surface area contributed by atoms with Crippen LogP contribution in [0.5, 0.6) is 11.5 Å². The standard InChI is InChI=1S/C18H19FO2/c1-4-5-14-6-8-15(9-7-14)21-18-10-12(2)17(19)11-16(18)13(3)20/h6-11H,4-5H2,1-3H3. The van der Waals surface area contributed by atoms with Crippen molar-refractivity contribution in [1.29, 1.82) is 0 Å².